The zero-order valence-corrected chi connectivity index (χ0v) is 18.7. The van der Waals surface area contributed by atoms with E-state index in [9.17, 15) is 5.26 Å². The molecule has 4 aromatic carbocycles. The van der Waals surface area contributed by atoms with Crippen LogP contribution in [0.1, 0.15) is 11.1 Å². The third-order valence-electron chi connectivity index (χ3n) is 6.34. The summed E-state index contributed by atoms with van der Waals surface area (Å²) in [5, 5.41) is 21.2. The SMILES string of the molecule is N#Cc1ccc(-c2ccc3c(c2)c2ccccc2n3-c2cc(C#N)cc(-c3ccncc3)c2)cc1. The maximum atomic E-state index is 9.77. The van der Waals surface area contributed by atoms with Gasteiger partial charge < -0.3 is 4.57 Å². The Balaban J connectivity index is 1.60. The first-order valence-electron chi connectivity index (χ1n) is 11.2. The van der Waals surface area contributed by atoms with Gasteiger partial charge in [-0.15, -0.1) is 0 Å². The van der Waals surface area contributed by atoms with Crippen molar-refractivity contribution in [2.24, 2.45) is 0 Å². The Morgan fingerprint density at radius 3 is 2.00 bits per heavy atom. The fourth-order valence-electron chi connectivity index (χ4n) is 4.68. The summed E-state index contributed by atoms with van der Waals surface area (Å²) < 4.78 is 2.22. The van der Waals surface area contributed by atoms with E-state index in [0.717, 1.165) is 49.7 Å². The van der Waals surface area contributed by atoms with Crippen molar-refractivity contribution >= 4 is 21.8 Å². The standard InChI is InChI=1S/C31H18N4/c32-19-21-5-7-23(8-6-21)25-9-10-31-29(18-25)28-3-1-2-4-30(28)35(31)27-16-22(20-33)15-26(17-27)24-11-13-34-14-12-24/h1-18H. The lowest BCUT2D eigenvalue weighted by molar-refractivity contribution is 1.18. The lowest BCUT2D eigenvalue weighted by atomic mass is 10.0. The van der Waals surface area contributed by atoms with Crippen LogP contribution in [0.3, 0.4) is 0 Å². The van der Waals surface area contributed by atoms with Gasteiger partial charge in [0, 0.05) is 28.9 Å². The molecule has 35 heavy (non-hydrogen) atoms. The van der Waals surface area contributed by atoms with Crippen LogP contribution in [0.2, 0.25) is 0 Å². The van der Waals surface area contributed by atoms with E-state index >= 15 is 0 Å². The minimum Gasteiger partial charge on any atom is -0.309 e. The van der Waals surface area contributed by atoms with Crippen LogP contribution in [0.5, 0.6) is 0 Å². The predicted octanol–water partition coefficient (Wildman–Crippen LogP) is 7.26. The number of hydrogen-bond acceptors (Lipinski definition) is 3. The summed E-state index contributed by atoms with van der Waals surface area (Å²) in [5.41, 5.74) is 8.48. The third kappa shape index (κ3) is 3.51. The van der Waals surface area contributed by atoms with E-state index in [4.69, 9.17) is 5.26 Å². The largest absolute Gasteiger partial charge is 0.309 e. The minimum absolute atomic E-state index is 0.606. The van der Waals surface area contributed by atoms with E-state index in [2.05, 4.69) is 64.2 Å². The molecule has 0 amide bonds. The second-order valence-electron chi connectivity index (χ2n) is 8.39. The van der Waals surface area contributed by atoms with Crippen LogP contribution < -0.4 is 0 Å². The van der Waals surface area contributed by atoms with Crippen molar-refractivity contribution in [2.45, 2.75) is 0 Å². The van der Waals surface area contributed by atoms with Gasteiger partial charge in [0.25, 0.3) is 0 Å². The lowest BCUT2D eigenvalue weighted by Crippen LogP contribution is -1.96. The van der Waals surface area contributed by atoms with Crippen LogP contribution in [0.15, 0.2) is 109 Å². The Hall–Kier alpha value is -5.19. The van der Waals surface area contributed by atoms with Gasteiger partial charge in [-0.1, -0.05) is 36.4 Å². The lowest BCUT2D eigenvalue weighted by Gasteiger charge is -2.11. The summed E-state index contributed by atoms with van der Waals surface area (Å²) in [4.78, 5) is 4.12. The molecule has 0 N–H and O–H groups in total. The Morgan fingerprint density at radius 1 is 0.543 bits per heavy atom. The fourth-order valence-corrected chi connectivity index (χ4v) is 4.68. The number of benzene rings is 4. The van der Waals surface area contributed by atoms with Gasteiger partial charge in [-0.3, -0.25) is 4.98 Å². The molecule has 0 aliphatic carbocycles. The van der Waals surface area contributed by atoms with Crippen LogP contribution in [-0.2, 0) is 0 Å². The molecule has 0 fully saturated rings. The average molecular weight is 447 g/mol. The number of nitriles is 2. The summed E-state index contributed by atoms with van der Waals surface area (Å²) in [6.45, 7) is 0. The van der Waals surface area contributed by atoms with Crippen molar-refractivity contribution in [3.05, 3.63) is 121 Å². The number of nitrogens with zero attached hydrogens (tertiary/aromatic N) is 4. The Morgan fingerprint density at radius 2 is 1.23 bits per heavy atom. The Kier molecular flexibility index (Phi) is 4.84. The van der Waals surface area contributed by atoms with Gasteiger partial charge >= 0.3 is 0 Å². The highest BCUT2D eigenvalue weighted by Gasteiger charge is 2.15. The second kappa shape index (κ2) is 8.30. The highest BCUT2D eigenvalue weighted by molar-refractivity contribution is 6.10. The topological polar surface area (TPSA) is 65.4 Å². The van der Waals surface area contributed by atoms with E-state index in [1.54, 1.807) is 12.4 Å². The van der Waals surface area contributed by atoms with Crippen molar-refractivity contribution < 1.29 is 0 Å². The van der Waals surface area contributed by atoms with Crippen LogP contribution >= 0.6 is 0 Å². The molecule has 162 valence electrons. The van der Waals surface area contributed by atoms with E-state index < -0.39 is 0 Å². The maximum Gasteiger partial charge on any atom is 0.0992 e. The molecule has 2 aromatic heterocycles. The number of rotatable bonds is 3. The molecular formula is C31H18N4. The van der Waals surface area contributed by atoms with Crippen molar-refractivity contribution in [3.63, 3.8) is 0 Å². The van der Waals surface area contributed by atoms with Crippen molar-refractivity contribution in [1.82, 2.24) is 9.55 Å². The predicted molar refractivity (Wildman–Crippen MR) is 139 cm³/mol. The average Bonchev–Trinajstić information content (AvgIpc) is 3.27. The molecule has 0 saturated heterocycles. The van der Waals surface area contributed by atoms with Crippen LogP contribution in [0, 0.1) is 22.7 Å². The third-order valence-corrected chi connectivity index (χ3v) is 6.34. The molecule has 6 rings (SSSR count). The smallest absolute Gasteiger partial charge is 0.0992 e. The van der Waals surface area contributed by atoms with Gasteiger partial charge in [-0.2, -0.15) is 10.5 Å². The Labute approximate surface area is 202 Å². The summed E-state index contributed by atoms with van der Waals surface area (Å²) in [5.74, 6) is 0. The van der Waals surface area contributed by atoms with Crippen LogP contribution in [0.4, 0.5) is 0 Å². The van der Waals surface area contributed by atoms with Gasteiger partial charge in [0.1, 0.15) is 0 Å². The molecule has 0 saturated carbocycles. The molecule has 6 aromatic rings. The van der Waals surface area contributed by atoms with E-state index in [1.165, 1.54) is 0 Å². The van der Waals surface area contributed by atoms with Crippen molar-refractivity contribution in [3.8, 4) is 40.1 Å². The van der Waals surface area contributed by atoms with Gasteiger partial charge in [0.15, 0.2) is 0 Å². The summed E-state index contributed by atoms with van der Waals surface area (Å²) >= 11 is 0. The normalized spacial score (nSPS) is 10.8. The monoisotopic (exact) mass is 446 g/mol. The number of aromatic nitrogens is 2. The van der Waals surface area contributed by atoms with Gasteiger partial charge in [-0.05, 0) is 82.9 Å². The van der Waals surface area contributed by atoms with E-state index in [-0.39, 0.29) is 0 Å². The number of fused-ring (bicyclic) bond motifs is 3. The van der Waals surface area contributed by atoms with E-state index in [1.807, 2.05) is 54.6 Å². The molecule has 0 atom stereocenters. The summed E-state index contributed by atoms with van der Waals surface area (Å²) in [6.07, 6.45) is 3.53. The highest BCUT2D eigenvalue weighted by Crippen LogP contribution is 2.36. The summed E-state index contributed by atoms with van der Waals surface area (Å²) in [7, 11) is 0. The molecule has 0 aliphatic rings. The van der Waals surface area contributed by atoms with E-state index in [0.29, 0.717) is 11.1 Å². The molecule has 4 nitrogen and oxygen atoms in total. The first-order valence-corrected chi connectivity index (χ1v) is 11.2. The first-order chi connectivity index (χ1) is 17.2. The number of para-hydroxylation sites is 1. The van der Waals surface area contributed by atoms with Gasteiger partial charge in [0.05, 0.1) is 34.3 Å². The molecule has 4 heteroatoms. The molecule has 0 radical (unpaired) electrons. The zero-order chi connectivity index (χ0) is 23.8. The molecule has 0 spiro atoms. The second-order valence-corrected chi connectivity index (χ2v) is 8.39. The van der Waals surface area contributed by atoms with Crippen molar-refractivity contribution in [1.29, 1.82) is 10.5 Å². The number of hydrogen-bond donors (Lipinski definition) is 0. The van der Waals surface area contributed by atoms with Crippen LogP contribution in [0.25, 0.3) is 49.7 Å². The van der Waals surface area contributed by atoms with Crippen molar-refractivity contribution in [2.75, 3.05) is 0 Å². The number of pyridine rings is 1. The molecular weight excluding hydrogens is 428 g/mol. The van der Waals surface area contributed by atoms with Crippen LogP contribution in [-0.4, -0.2) is 9.55 Å². The fraction of sp³-hybridized carbons (Fsp3) is 0. The quantitative estimate of drug-likeness (QED) is 0.287. The first kappa shape index (κ1) is 20.4. The molecule has 0 bridgehead atoms. The molecule has 0 aliphatic heterocycles. The zero-order valence-electron chi connectivity index (χ0n) is 18.7. The highest BCUT2D eigenvalue weighted by atomic mass is 15.0. The maximum absolute atomic E-state index is 9.77. The minimum atomic E-state index is 0.606. The molecule has 2 heterocycles. The van der Waals surface area contributed by atoms with Gasteiger partial charge in [0.2, 0.25) is 0 Å². The Bertz CT molecular complexity index is 1800. The molecule has 0 unspecified atom stereocenters. The van der Waals surface area contributed by atoms with Gasteiger partial charge in [-0.25, -0.2) is 0 Å². The summed E-state index contributed by atoms with van der Waals surface area (Å²) in [6, 6.07) is 36.8.